The van der Waals surface area contributed by atoms with Gasteiger partial charge in [-0.25, -0.2) is 0 Å². The molecular formula is C16H30N2O+2. The van der Waals surface area contributed by atoms with E-state index < -0.39 is 0 Å². The van der Waals surface area contributed by atoms with E-state index >= 15 is 0 Å². The zero-order valence-electron chi connectivity index (χ0n) is 12.7. The van der Waals surface area contributed by atoms with Crippen molar-refractivity contribution >= 4 is 0 Å². The lowest BCUT2D eigenvalue weighted by Crippen LogP contribution is -2.88. The Morgan fingerprint density at radius 3 is 2.63 bits per heavy atom. The maximum atomic E-state index is 5.80. The fraction of sp³-hybridized carbons (Fsp3) is 0.625. The summed E-state index contributed by atoms with van der Waals surface area (Å²) in [4.78, 5) is 0. The minimum Gasteiger partial charge on any atom is -0.494 e. The average Bonchev–Trinajstić information content (AvgIpc) is 2.37. The van der Waals surface area contributed by atoms with E-state index in [9.17, 15) is 0 Å². The van der Waals surface area contributed by atoms with Crippen molar-refractivity contribution in [2.75, 3.05) is 26.2 Å². The van der Waals surface area contributed by atoms with Gasteiger partial charge in [0.1, 0.15) is 18.8 Å². The predicted octanol–water partition coefficient (Wildman–Crippen LogP) is 1.08. The SMILES string of the molecule is Cc1cc(OCCCC[NH2+]CC[NH3+])ccc1C(C)C. The molecule has 0 heterocycles. The lowest BCUT2D eigenvalue weighted by atomic mass is 9.98. The van der Waals surface area contributed by atoms with Gasteiger partial charge in [0.2, 0.25) is 0 Å². The molecule has 0 radical (unpaired) electrons. The molecule has 0 amide bonds. The Bertz CT molecular complexity index is 364. The van der Waals surface area contributed by atoms with E-state index in [1.807, 2.05) is 0 Å². The number of hydrogen-bond acceptors (Lipinski definition) is 1. The van der Waals surface area contributed by atoms with Crippen molar-refractivity contribution in [1.29, 1.82) is 0 Å². The third-order valence-electron chi connectivity index (χ3n) is 3.34. The first-order valence-electron chi connectivity index (χ1n) is 7.49. The van der Waals surface area contributed by atoms with E-state index in [2.05, 4.69) is 50.0 Å². The minimum absolute atomic E-state index is 0.581. The summed E-state index contributed by atoms with van der Waals surface area (Å²) in [5.41, 5.74) is 6.57. The highest BCUT2D eigenvalue weighted by Crippen LogP contribution is 2.23. The minimum atomic E-state index is 0.581. The van der Waals surface area contributed by atoms with Crippen LogP contribution in [0.4, 0.5) is 0 Å². The van der Waals surface area contributed by atoms with Gasteiger partial charge in [0.05, 0.1) is 13.2 Å². The molecule has 0 saturated carbocycles. The number of aryl methyl sites for hydroxylation is 1. The third-order valence-corrected chi connectivity index (χ3v) is 3.34. The van der Waals surface area contributed by atoms with Crippen LogP contribution < -0.4 is 15.8 Å². The highest BCUT2D eigenvalue weighted by Gasteiger charge is 2.04. The topological polar surface area (TPSA) is 53.5 Å². The lowest BCUT2D eigenvalue weighted by molar-refractivity contribution is -0.670. The van der Waals surface area contributed by atoms with Crippen molar-refractivity contribution in [1.82, 2.24) is 0 Å². The Balaban J connectivity index is 2.25. The van der Waals surface area contributed by atoms with E-state index in [1.54, 1.807) is 0 Å². The van der Waals surface area contributed by atoms with Crippen molar-refractivity contribution < 1.29 is 15.8 Å². The van der Waals surface area contributed by atoms with Crippen LogP contribution in [-0.4, -0.2) is 26.2 Å². The van der Waals surface area contributed by atoms with Gasteiger partial charge >= 0.3 is 0 Å². The number of unbranched alkanes of at least 4 members (excludes halogenated alkanes) is 1. The molecule has 0 aromatic heterocycles. The van der Waals surface area contributed by atoms with Gasteiger partial charge < -0.3 is 15.8 Å². The Kier molecular flexibility index (Phi) is 7.53. The van der Waals surface area contributed by atoms with Gasteiger partial charge in [0.15, 0.2) is 0 Å². The fourth-order valence-corrected chi connectivity index (χ4v) is 2.26. The van der Waals surface area contributed by atoms with Gasteiger partial charge in [-0.1, -0.05) is 19.9 Å². The van der Waals surface area contributed by atoms with Crippen LogP contribution in [0.1, 0.15) is 43.7 Å². The van der Waals surface area contributed by atoms with Crippen LogP contribution in [0.25, 0.3) is 0 Å². The van der Waals surface area contributed by atoms with Crippen LogP contribution in [-0.2, 0) is 0 Å². The monoisotopic (exact) mass is 266 g/mol. The molecule has 0 aliphatic rings. The molecular weight excluding hydrogens is 236 g/mol. The number of quaternary nitrogens is 2. The summed E-state index contributed by atoms with van der Waals surface area (Å²) in [5.74, 6) is 1.58. The van der Waals surface area contributed by atoms with Crippen LogP contribution in [0.3, 0.4) is 0 Å². The molecule has 3 heteroatoms. The van der Waals surface area contributed by atoms with E-state index in [4.69, 9.17) is 4.74 Å². The lowest BCUT2D eigenvalue weighted by Gasteiger charge is -2.12. The van der Waals surface area contributed by atoms with Crippen LogP contribution in [0.5, 0.6) is 5.75 Å². The summed E-state index contributed by atoms with van der Waals surface area (Å²) in [7, 11) is 0. The Hall–Kier alpha value is -1.06. The molecule has 0 aliphatic carbocycles. The van der Waals surface area contributed by atoms with Crippen molar-refractivity contribution in [3.8, 4) is 5.75 Å². The van der Waals surface area contributed by atoms with Gasteiger partial charge in [-0.15, -0.1) is 0 Å². The highest BCUT2D eigenvalue weighted by molar-refractivity contribution is 5.36. The summed E-state index contributed by atoms with van der Waals surface area (Å²) in [6, 6.07) is 6.44. The first-order valence-corrected chi connectivity index (χ1v) is 7.49. The molecule has 0 fully saturated rings. The molecule has 0 spiro atoms. The summed E-state index contributed by atoms with van der Waals surface area (Å²) in [5, 5.41) is 2.33. The van der Waals surface area contributed by atoms with Gasteiger partial charge in [-0.2, -0.15) is 0 Å². The first-order chi connectivity index (χ1) is 9.15. The smallest absolute Gasteiger partial charge is 0.125 e. The second kappa shape index (κ2) is 8.94. The highest BCUT2D eigenvalue weighted by atomic mass is 16.5. The second-order valence-electron chi connectivity index (χ2n) is 5.45. The largest absolute Gasteiger partial charge is 0.494 e. The van der Waals surface area contributed by atoms with Crippen molar-refractivity contribution in [3.05, 3.63) is 29.3 Å². The standard InChI is InChI=1S/C16H28N2O/c1-13(2)16-7-6-15(12-14(16)3)19-11-5-4-9-18-10-8-17/h6-7,12-13,18H,4-5,8-11,17H2,1-3H3/p+2. The molecule has 0 bridgehead atoms. The maximum absolute atomic E-state index is 5.80. The summed E-state index contributed by atoms with van der Waals surface area (Å²) in [6.45, 7) is 10.8. The fourth-order valence-electron chi connectivity index (χ4n) is 2.26. The molecule has 108 valence electrons. The van der Waals surface area contributed by atoms with Crippen molar-refractivity contribution in [2.24, 2.45) is 0 Å². The number of nitrogens with two attached hydrogens (primary N) is 1. The molecule has 0 atom stereocenters. The Morgan fingerprint density at radius 1 is 1.21 bits per heavy atom. The summed E-state index contributed by atoms with van der Waals surface area (Å²) < 4.78 is 5.80. The van der Waals surface area contributed by atoms with Crippen LogP contribution in [0.2, 0.25) is 0 Å². The van der Waals surface area contributed by atoms with E-state index in [0.29, 0.717) is 5.92 Å². The molecule has 0 aliphatic heterocycles. The van der Waals surface area contributed by atoms with Gasteiger partial charge in [-0.05, 0) is 48.9 Å². The Morgan fingerprint density at radius 2 is 2.00 bits per heavy atom. The first kappa shape index (κ1) is 16.0. The Labute approximate surface area is 117 Å². The maximum Gasteiger partial charge on any atom is 0.125 e. The molecule has 19 heavy (non-hydrogen) atoms. The van der Waals surface area contributed by atoms with Gasteiger partial charge in [0, 0.05) is 0 Å². The molecule has 0 unspecified atom stereocenters. The van der Waals surface area contributed by atoms with Crippen LogP contribution in [0.15, 0.2) is 18.2 Å². The molecule has 0 saturated heterocycles. The van der Waals surface area contributed by atoms with Crippen LogP contribution >= 0.6 is 0 Å². The quantitative estimate of drug-likeness (QED) is 0.646. The predicted molar refractivity (Wildman–Crippen MR) is 79.4 cm³/mol. The third kappa shape index (κ3) is 6.08. The van der Waals surface area contributed by atoms with E-state index in [-0.39, 0.29) is 0 Å². The molecule has 3 nitrogen and oxygen atoms in total. The number of rotatable bonds is 9. The molecule has 5 N–H and O–H groups in total. The number of hydrogen-bond donors (Lipinski definition) is 2. The summed E-state index contributed by atoms with van der Waals surface area (Å²) in [6.07, 6.45) is 2.34. The van der Waals surface area contributed by atoms with E-state index in [1.165, 1.54) is 24.1 Å². The molecule has 1 rings (SSSR count). The zero-order chi connectivity index (χ0) is 14.1. The van der Waals surface area contributed by atoms with Crippen molar-refractivity contribution in [2.45, 2.75) is 39.5 Å². The van der Waals surface area contributed by atoms with Gasteiger partial charge in [-0.3, -0.25) is 0 Å². The number of ether oxygens (including phenoxy) is 1. The van der Waals surface area contributed by atoms with Crippen molar-refractivity contribution in [3.63, 3.8) is 0 Å². The summed E-state index contributed by atoms with van der Waals surface area (Å²) >= 11 is 0. The molecule has 1 aromatic carbocycles. The van der Waals surface area contributed by atoms with Gasteiger partial charge in [0.25, 0.3) is 0 Å². The van der Waals surface area contributed by atoms with Crippen LogP contribution in [0, 0.1) is 6.92 Å². The van der Waals surface area contributed by atoms with E-state index in [0.717, 1.165) is 31.9 Å². The normalized spacial score (nSPS) is 11.0. The zero-order valence-corrected chi connectivity index (χ0v) is 12.7. The molecule has 1 aromatic rings. The number of benzene rings is 1. The average molecular weight is 266 g/mol. The second-order valence-corrected chi connectivity index (χ2v) is 5.45.